The highest BCUT2D eigenvalue weighted by Gasteiger charge is 2.02. The van der Waals surface area contributed by atoms with Gasteiger partial charge >= 0.3 is 0 Å². The van der Waals surface area contributed by atoms with E-state index in [1.54, 1.807) is 6.20 Å². The van der Waals surface area contributed by atoms with Crippen LogP contribution >= 0.6 is 0 Å². The van der Waals surface area contributed by atoms with E-state index in [1.807, 2.05) is 31.2 Å². The molecule has 4 nitrogen and oxygen atoms in total. The van der Waals surface area contributed by atoms with Crippen LogP contribution in [0.5, 0.6) is 0 Å². The second-order valence-electron chi connectivity index (χ2n) is 8.93. The first-order valence-electron chi connectivity index (χ1n) is 13.7. The van der Waals surface area contributed by atoms with Crippen LogP contribution in [0.15, 0.2) is 85.2 Å². The third kappa shape index (κ3) is 20.6. The molecule has 0 saturated carbocycles. The summed E-state index contributed by atoms with van der Waals surface area (Å²) in [6.07, 6.45) is 36.3. The lowest BCUT2D eigenvalue weighted by Crippen LogP contribution is -2.24. The van der Waals surface area contributed by atoms with Crippen LogP contribution in [0.25, 0.3) is 6.08 Å². The van der Waals surface area contributed by atoms with Gasteiger partial charge in [0, 0.05) is 37.7 Å². The molecule has 1 amide bonds. The third-order valence-corrected chi connectivity index (χ3v) is 5.48. The lowest BCUT2D eigenvalue weighted by atomic mass is 10.1. The van der Waals surface area contributed by atoms with E-state index in [2.05, 4.69) is 78.0 Å². The predicted octanol–water partition coefficient (Wildman–Crippen LogP) is 8.18. The largest absolute Gasteiger partial charge is 0.356 e. The SMILES string of the molecule is CC/C=C\C/C=C\C/C=C\C/C=C\C/C=C\CCCC(=O)NCCCC(=O)C/C=C/c1ccc(C)nc1. The van der Waals surface area contributed by atoms with Crippen molar-refractivity contribution in [2.75, 3.05) is 6.54 Å². The molecular weight excluding hydrogens is 456 g/mol. The fourth-order valence-electron chi connectivity index (χ4n) is 3.36. The van der Waals surface area contributed by atoms with E-state index in [0.29, 0.717) is 32.2 Å². The Kier molecular flexibility index (Phi) is 19.9. The number of aromatic nitrogens is 1. The number of ketones is 1. The van der Waals surface area contributed by atoms with E-state index in [-0.39, 0.29) is 11.7 Å². The molecule has 0 aromatic carbocycles. The highest BCUT2D eigenvalue weighted by atomic mass is 16.1. The van der Waals surface area contributed by atoms with Crippen LogP contribution in [0.2, 0.25) is 0 Å². The normalized spacial score (nSPS) is 12.4. The monoisotopic (exact) mass is 502 g/mol. The number of rotatable bonds is 20. The summed E-state index contributed by atoms with van der Waals surface area (Å²) in [7, 11) is 0. The average molecular weight is 503 g/mol. The maximum atomic E-state index is 12.0. The van der Waals surface area contributed by atoms with Crippen molar-refractivity contribution < 1.29 is 9.59 Å². The molecule has 37 heavy (non-hydrogen) atoms. The second kappa shape index (κ2) is 23.1. The quantitative estimate of drug-likeness (QED) is 0.144. The zero-order chi connectivity index (χ0) is 26.8. The smallest absolute Gasteiger partial charge is 0.220 e. The number of aryl methyl sites for hydroxylation is 1. The number of Topliss-reactive ketones (excluding diaryl/α,β-unsaturated/α-hetero) is 1. The van der Waals surface area contributed by atoms with E-state index in [0.717, 1.165) is 56.2 Å². The summed E-state index contributed by atoms with van der Waals surface area (Å²) >= 11 is 0. The van der Waals surface area contributed by atoms with Crippen molar-refractivity contribution in [1.82, 2.24) is 10.3 Å². The van der Waals surface area contributed by atoms with E-state index >= 15 is 0 Å². The number of carbonyl (C=O) groups is 2. The zero-order valence-electron chi connectivity index (χ0n) is 22.9. The number of unbranched alkanes of at least 4 members (excludes halogenated alkanes) is 1. The van der Waals surface area contributed by atoms with Crippen LogP contribution in [-0.4, -0.2) is 23.2 Å². The molecular formula is C33H46N2O2. The number of hydrogen-bond donors (Lipinski definition) is 1. The predicted molar refractivity (Wildman–Crippen MR) is 158 cm³/mol. The van der Waals surface area contributed by atoms with Crippen LogP contribution in [0.1, 0.15) is 88.8 Å². The van der Waals surface area contributed by atoms with Crippen molar-refractivity contribution in [3.8, 4) is 0 Å². The molecule has 1 aromatic heterocycles. The molecule has 1 rings (SSSR count). The van der Waals surface area contributed by atoms with Gasteiger partial charge in [0.05, 0.1) is 0 Å². The zero-order valence-corrected chi connectivity index (χ0v) is 22.9. The van der Waals surface area contributed by atoms with E-state index in [4.69, 9.17) is 0 Å². The van der Waals surface area contributed by atoms with Gasteiger partial charge in [-0.3, -0.25) is 14.6 Å². The summed E-state index contributed by atoms with van der Waals surface area (Å²) in [5, 5.41) is 2.91. The van der Waals surface area contributed by atoms with Gasteiger partial charge in [-0.05, 0) is 69.9 Å². The first-order chi connectivity index (χ1) is 18.1. The maximum absolute atomic E-state index is 12.0. The van der Waals surface area contributed by atoms with Gasteiger partial charge in [0.25, 0.3) is 0 Å². The van der Waals surface area contributed by atoms with E-state index in [9.17, 15) is 9.59 Å². The highest BCUT2D eigenvalue weighted by Crippen LogP contribution is 2.04. The minimum atomic E-state index is 0.0616. The lowest BCUT2D eigenvalue weighted by molar-refractivity contribution is -0.122. The van der Waals surface area contributed by atoms with Crippen LogP contribution in [0.4, 0.5) is 0 Å². The third-order valence-electron chi connectivity index (χ3n) is 5.48. The Balaban J connectivity index is 1.96. The molecule has 1 heterocycles. The summed E-state index contributed by atoms with van der Waals surface area (Å²) in [6.45, 7) is 4.65. The molecule has 200 valence electrons. The Hall–Kier alpha value is -3.27. The number of amides is 1. The second-order valence-corrected chi connectivity index (χ2v) is 8.93. The molecule has 0 saturated heterocycles. The highest BCUT2D eigenvalue weighted by molar-refractivity contribution is 5.81. The first-order valence-corrected chi connectivity index (χ1v) is 13.7. The van der Waals surface area contributed by atoms with Gasteiger partial charge in [-0.15, -0.1) is 0 Å². The minimum absolute atomic E-state index is 0.0616. The standard InChI is InChI=1S/C33H46N2O2/c1-3-4-5-6-7-8-9-10-11-12-13-14-15-16-17-18-19-25-33(37)34-28-21-24-32(36)23-20-22-31-27-26-30(2)35-29-31/h4-5,7-8,10-11,13-14,16-17,20,22,26-27,29H,3,6,9,12,15,18-19,21,23-25,28H2,1-2H3,(H,34,37)/b5-4-,8-7-,11-10-,14-13-,17-16-,22-20+. The number of pyridine rings is 1. The Morgan fingerprint density at radius 1 is 0.784 bits per heavy atom. The molecule has 0 atom stereocenters. The molecule has 0 fully saturated rings. The summed E-state index contributed by atoms with van der Waals surface area (Å²) in [4.78, 5) is 28.1. The minimum Gasteiger partial charge on any atom is -0.356 e. The molecule has 0 spiro atoms. The Morgan fingerprint density at radius 3 is 2.00 bits per heavy atom. The molecule has 0 aliphatic heterocycles. The average Bonchev–Trinajstić information content (AvgIpc) is 2.89. The molecule has 0 aliphatic rings. The van der Waals surface area contributed by atoms with Gasteiger partial charge in [-0.2, -0.15) is 0 Å². The Bertz CT molecular complexity index is 918. The molecule has 1 N–H and O–H groups in total. The van der Waals surface area contributed by atoms with Crippen LogP contribution < -0.4 is 5.32 Å². The summed E-state index contributed by atoms with van der Waals surface area (Å²) < 4.78 is 0. The molecule has 0 aliphatic carbocycles. The van der Waals surface area contributed by atoms with Crippen LogP contribution in [-0.2, 0) is 9.59 Å². The van der Waals surface area contributed by atoms with Gasteiger partial charge in [0.1, 0.15) is 5.78 Å². The van der Waals surface area contributed by atoms with Crippen molar-refractivity contribution in [2.24, 2.45) is 0 Å². The molecule has 0 unspecified atom stereocenters. The van der Waals surface area contributed by atoms with Gasteiger partial charge in [0.2, 0.25) is 5.91 Å². The topological polar surface area (TPSA) is 59.1 Å². The first kappa shape index (κ1) is 31.8. The summed E-state index contributed by atoms with van der Waals surface area (Å²) in [5.74, 6) is 0.246. The van der Waals surface area contributed by atoms with Gasteiger partial charge in [-0.25, -0.2) is 0 Å². The van der Waals surface area contributed by atoms with Crippen molar-refractivity contribution in [1.29, 1.82) is 0 Å². The van der Waals surface area contributed by atoms with Crippen molar-refractivity contribution in [3.63, 3.8) is 0 Å². The number of nitrogens with one attached hydrogen (secondary N) is 1. The number of hydrogen-bond acceptors (Lipinski definition) is 3. The van der Waals surface area contributed by atoms with Crippen LogP contribution in [0.3, 0.4) is 0 Å². The number of allylic oxidation sites excluding steroid dienone is 11. The van der Waals surface area contributed by atoms with Gasteiger partial charge in [-0.1, -0.05) is 85.9 Å². The number of carbonyl (C=O) groups excluding carboxylic acids is 2. The number of nitrogens with zero attached hydrogens (tertiary/aromatic N) is 1. The molecule has 0 bridgehead atoms. The molecule has 0 radical (unpaired) electrons. The lowest BCUT2D eigenvalue weighted by Gasteiger charge is -2.04. The van der Waals surface area contributed by atoms with Crippen molar-refractivity contribution >= 4 is 17.8 Å². The van der Waals surface area contributed by atoms with Crippen LogP contribution in [0, 0.1) is 6.92 Å². The molecule has 1 aromatic rings. The van der Waals surface area contributed by atoms with Gasteiger partial charge in [0.15, 0.2) is 0 Å². The fourth-order valence-corrected chi connectivity index (χ4v) is 3.36. The molecule has 4 heteroatoms. The fraction of sp³-hybridized carbons (Fsp3) is 0.424. The summed E-state index contributed by atoms with van der Waals surface area (Å²) in [5.41, 5.74) is 1.97. The maximum Gasteiger partial charge on any atom is 0.220 e. The Morgan fingerprint density at radius 2 is 1.41 bits per heavy atom. The van der Waals surface area contributed by atoms with Crippen molar-refractivity contribution in [3.05, 3.63) is 96.4 Å². The Labute approximate surface area is 225 Å². The summed E-state index contributed by atoms with van der Waals surface area (Å²) in [6, 6.07) is 3.94. The van der Waals surface area contributed by atoms with Crippen molar-refractivity contribution in [2.45, 2.75) is 84.5 Å². The van der Waals surface area contributed by atoms with Gasteiger partial charge < -0.3 is 5.32 Å². The van der Waals surface area contributed by atoms with E-state index in [1.165, 1.54) is 0 Å². The van der Waals surface area contributed by atoms with E-state index < -0.39 is 0 Å².